The summed E-state index contributed by atoms with van der Waals surface area (Å²) in [5.74, 6) is 0.420. The SMILES string of the molecule is CC[C@H](NC(=O)CCCN(c1ccccc1OC)S(C)(=O)=O)c1ccc2c(c1)CCCC2. The van der Waals surface area contributed by atoms with Gasteiger partial charge >= 0.3 is 0 Å². The predicted octanol–water partition coefficient (Wildman–Crippen LogP) is 4.39. The molecule has 0 heterocycles. The van der Waals surface area contributed by atoms with Gasteiger partial charge in [-0.3, -0.25) is 9.10 Å². The number of benzene rings is 2. The van der Waals surface area contributed by atoms with Crippen molar-refractivity contribution in [1.29, 1.82) is 0 Å². The van der Waals surface area contributed by atoms with Crippen LogP contribution in [0.2, 0.25) is 0 Å². The van der Waals surface area contributed by atoms with Gasteiger partial charge in [0.25, 0.3) is 0 Å². The molecule has 0 saturated heterocycles. The third-order valence-corrected chi connectivity index (χ3v) is 7.22. The highest BCUT2D eigenvalue weighted by molar-refractivity contribution is 7.92. The van der Waals surface area contributed by atoms with Crippen molar-refractivity contribution in [2.45, 2.75) is 57.9 Å². The van der Waals surface area contributed by atoms with Gasteiger partial charge in [-0.25, -0.2) is 8.42 Å². The summed E-state index contributed by atoms with van der Waals surface area (Å²) < 4.78 is 31.4. The number of carbonyl (C=O) groups excluding carboxylic acids is 1. The van der Waals surface area contributed by atoms with E-state index in [-0.39, 0.29) is 24.9 Å². The zero-order valence-electron chi connectivity index (χ0n) is 19.3. The molecule has 1 N–H and O–H groups in total. The van der Waals surface area contributed by atoms with Gasteiger partial charge in [-0.05, 0) is 67.3 Å². The van der Waals surface area contributed by atoms with Crippen LogP contribution in [0.5, 0.6) is 5.75 Å². The van der Waals surface area contributed by atoms with Gasteiger partial charge in [-0.2, -0.15) is 0 Å². The van der Waals surface area contributed by atoms with Crippen molar-refractivity contribution in [3.63, 3.8) is 0 Å². The second kappa shape index (κ2) is 10.9. The Morgan fingerprint density at radius 2 is 1.84 bits per heavy atom. The fourth-order valence-electron chi connectivity index (χ4n) is 4.34. The molecule has 7 heteroatoms. The Labute approximate surface area is 192 Å². The van der Waals surface area contributed by atoms with Crippen LogP contribution in [0.3, 0.4) is 0 Å². The molecular formula is C25H34N2O4S. The Morgan fingerprint density at radius 1 is 1.12 bits per heavy atom. The Balaban J connectivity index is 1.61. The van der Waals surface area contributed by atoms with E-state index in [0.717, 1.165) is 24.8 Å². The smallest absolute Gasteiger partial charge is 0.232 e. The summed E-state index contributed by atoms with van der Waals surface area (Å²) in [6.07, 6.45) is 7.37. The Morgan fingerprint density at radius 3 is 2.53 bits per heavy atom. The van der Waals surface area contributed by atoms with E-state index >= 15 is 0 Å². The van der Waals surface area contributed by atoms with E-state index in [2.05, 4.69) is 30.4 Å². The minimum atomic E-state index is -3.51. The van der Waals surface area contributed by atoms with E-state index < -0.39 is 10.0 Å². The largest absolute Gasteiger partial charge is 0.495 e. The highest BCUT2D eigenvalue weighted by Gasteiger charge is 2.21. The number of fused-ring (bicyclic) bond motifs is 1. The molecule has 0 aromatic heterocycles. The van der Waals surface area contributed by atoms with E-state index in [0.29, 0.717) is 17.9 Å². The van der Waals surface area contributed by atoms with Crippen LogP contribution in [0, 0.1) is 0 Å². The Hall–Kier alpha value is -2.54. The van der Waals surface area contributed by atoms with Crippen molar-refractivity contribution in [3.8, 4) is 5.75 Å². The van der Waals surface area contributed by atoms with Crippen LogP contribution in [0.25, 0.3) is 0 Å². The molecule has 1 amide bonds. The first-order chi connectivity index (χ1) is 15.3. The number of sulfonamides is 1. The summed E-state index contributed by atoms with van der Waals surface area (Å²) in [5.41, 5.74) is 4.46. The van der Waals surface area contributed by atoms with Gasteiger partial charge < -0.3 is 10.1 Å². The van der Waals surface area contributed by atoms with Crippen molar-refractivity contribution in [2.24, 2.45) is 0 Å². The molecule has 6 nitrogen and oxygen atoms in total. The van der Waals surface area contributed by atoms with E-state index in [1.54, 1.807) is 24.3 Å². The summed E-state index contributed by atoms with van der Waals surface area (Å²) in [7, 11) is -1.99. The van der Waals surface area contributed by atoms with Crippen LogP contribution in [-0.4, -0.2) is 34.2 Å². The molecule has 1 aliphatic carbocycles. The van der Waals surface area contributed by atoms with E-state index in [1.165, 1.54) is 41.6 Å². The number of hydrogen-bond acceptors (Lipinski definition) is 4. The number of hydrogen-bond donors (Lipinski definition) is 1. The number of amides is 1. The zero-order valence-corrected chi connectivity index (χ0v) is 20.1. The number of anilines is 1. The van der Waals surface area contributed by atoms with E-state index in [9.17, 15) is 13.2 Å². The molecule has 2 aromatic carbocycles. The first-order valence-electron chi connectivity index (χ1n) is 11.3. The minimum absolute atomic E-state index is 0.0324. The van der Waals surface area contributed by atoms with E-state index in [4.69, 9.17) is 4.74 Å². The van der Waals surface area contributed by atoms with Gasteiger partial charge in [-0.15, -0.1) is 0 Å². The van der Waals surface area contributed by atoms with Crippen LogP contribution >= 0.6 is 0 Å². The Kier molecular flexibility index (Phi) is 8.18. The van der Waals surface area contributed by atoms with Crippen molar-refractivity contribution in [2.75, 3.05) is 24.2 Å². The number of nitrogens with zero attached hydrogens (tertiary/aromatic N) is 1. The molecule has 3 rings (SSSR count). The molecule has 174 valence electrons. The second-order valence-electron chi connectivity index (χ2n) is 8.37. The summed E-state index contributed by atoms with van der Waals surface area (Å²) in [5, 5.41) is 3.13. The average Bonchev–Trinajstić information content (AvgIpc) is 2.79. The van der Waals surface area contributed by atoms with Crippen LogP contribution < -0.4 is 14.4 Å². The predicted molar refractivity (Wildman–Crippen MR) is 129 cm³/mol. The van der Waals surface area contributed by atoms with Gasteiger partial charge in [0, 0.05) is 13.0 Å². The van der Waals surface area contributed by atoms with Crippen molar-refractivity contribution in [1.82, 2.24) is 5.32 Å². The topological polar surface area (TPSA) is 75.7 Å². The maximum absolute atomic E-state index is 12.7. The summed E-state index contributed by atoms with van der Waals surface area (Å²) in [4.78, 5) is 12.7. The molecule has 2 aromatic rings. The standard InChI is InChI=1S/C25H34N2O4S/c1-4-22(21-16-15-19-10-5-6-11-20(19)18-21)26-25(28)14-9-17-27(32(3,29)30)23-12-7-8-13-24(23)31-2/h7-8,12-13,15-16,18,22H,4-6,9-11,14,17H2,1-3H3,(H,26,28)/t22-/m0/s1. The van der Waals surface area contributed by atoms with Crippen LogP contribution in [0.15, 0.2) is 42.5 Å². The van der Waals surface area contributed by atoms with Crippen LogP contribution in [0.1, 0.15) is 61.8 Å². The van der Waals surface area contributed by atoms with Crippen LogP contribution in [0.4, 0.5) is 5.69 Å². The highest BCUT2D eigenvalue weighted by Crippen LogP contribution is 2.30. The van der Waals surface area contributed by atoms with E-state index in [1.807, 2.05) is 0 Å². The summed E-state index contributed by atoms with van der Waals surface area (Å²) in [6, 6.07) is 13.6. The zero-order chi connectivity index (χ0) is 23.1. The molecule has 0 bridgehead atoms. The number of methoxy groups -OCH3 is 1. The Bertz CT molecular complexity index is 1040. The third kappa shape index (κ3) is 6.03. The van der Waals surface area contributed by atoms with Gasteiger partial charge in [0.15, 0.2) is 0 Å². The number of nitrogens with one attached hydrogen (secondary N) is 1. The van der Waals surface area contributed by atoms with Gasteiger partial charge in [-0.1, -0.05) is 37.3 Å². The molecule has 0 fully saturated rings. The highest BCUT2D eigenvalue weighted by atomic mass is 32.2. The summed E-state index contributed by atoms with van der Waals surface area (Å²) in [6.45, 7) is 2.28. The lowest BCUT2D eigenvalue weighted by molar-refractivity contribution is -0.121. The number of rotatable bonds is 10. The molecule has 0 radical (unpaired) electrons. The van der Waals surface area contributed by atoms with Crippen molar-refractivity contribution in [3.05, 3.63) is 59.2 Å². The molecule has 32 heavy (non-hydrogen) atoms. The lowest BCUT2D eigenvalue weighted by atomic mass is 9.89. The van der Waals surface area contributed by atoms with Gasteiger partial charge in [0.2, 0.25) is 15.9 Å². The molecule has 0 spiro atoms. The van der Waals surface area contributed by atoms with Crippen molar-refractivity contribution < 1.29 is 17.9 Å². The molecule has 1 atom stereocenters. The second-order valence-corrected chi connectivity index (χ2v) is 10.3. The monoisotopic (exact) mass is 458 g/mol. The maximum Gasteiger partial charge on any atom is 0.232 e. The number of ether oxygens (including phenoxy) is 1. The number of aryl methyl sites for hydroxylation is 2. The van der Waals surface area contributed by atoms with Crippen molar-refractivity contribution >= 4 is 21.6 Å². The quantitative estimate of drug-likeness (QED) is 0.573. The minimum Gasteiger partial charge on any atom is -0.495 e. The average molecular weight is 459 g/mol. The van der Waals surface area contributed by atoms with Crippen LogP contribution in [-0.2, 0) is 27.7 Å². The third-order valence-electron chi connectivity index (χ3n) is 6.04. The number of para-hydroxylation sites is 2. The molecule has 0 unspecified atom stereocenters. The number of carbonyl (C=O) groups is 1. The maximum atomic E-state index is 12.7. The van der Waals surface area contributed by atoms with Gasteiger partial charge in [0.05, 0.1) is 25.1 Å². The molecule has 0 saturated carbocycles. The molecular weight excluding hydrogens is 424 g/mol. The first-order valence-corrected chi connectivity index (χ1v) is 13.2. The fourth-order valence-corrected chi connectivity index (χ4v) is 5.31. The lowest BCUT2D eigenvalue weighted by Crippen LogP contribution is -2.33. The first kappa shape index (κ1) is 24.1. The molecule has 0 aliphatic heterocycles. The lowest BCUT2D eigenvalue weighted by Gasteiger charge is -2.24. The molecule has 1 aliphatic rings. The summed E-state index contributed by atoms with van der Waals surface area (Å²) >= 11 is 0. The fraction of sp³-hybridized carbons (Fsp3) is 0.480. The normalized spacial score (nSPS) is 14.3. The van der Waals surface area contributed by atoms with Gasteiger partial charge in [0.1, 0.15) is 5.75 Å².